The summed E-state index contributed by atoms with van der Waals surface area (Å²) in [5.41, 5.74) is 0.319. The topological polar surface area (TPSA) is 111 Å². The molecule has 2 heterocycles. The van der Waals surface area contributed by atoms with Gasteiger partial charge in [0.25, 0.3) is 0 Å². The molecule has 168 valence electrons. The Hall–Kier alpha value is -3.39. The van der Waals surface area contributed by atoms with Crippen molar-refractivity contribution < 1.29 is 24.2 Å². The van der Waals surface area contributed by atoms with E-state index in [9.17, 15) is 19.5 Å². The van der Waals surface area contributed by atoms with Gasteiger partial charge in [-0.3, -0.25) is 9.36 Å². The number of allylic oxidation sites excluding steroid dienone is 2. The van der Waals surface area contributed by atoms with Gasteiger partial charge in [0, 0.05) is 28.8 Å². The fraction of sp³-hybridized carbons (Fsp3) is 0.304. The van der Waals surface area contributed by atoms with Crippen molar-refractivity contribution in [2.24, 2.45) is 0 Å². The molecule has 8 nitrogen and oxygen atoms in total. The number of carbonyl (C=O) groups is 3. The number of ether oxygens (including phenoxy) is 1. The van der Waals surface area contributed by atoms with E-state index in [4.69, 9.17) is 16.3 Å². The number of halogens is 1. The normalized spacial score (nSPS) is 16.6. The van der Waals surface area contributed by atoms with Gasteiger partial charge in [0.05, 0.1) is 23.5 Å². The van der Waals surface area contributed by atoms with Crippen LogP contribution in [0.1, 0.15) is 50.4 Å². The monoisotopic (exact) mass is 457 g/mol. The number of rotatable bonds is 6. The molecule has 0 saturated heterocycles. The highest BCUT2D eigenvalue weighted by atomic mass is 35.5. The van der Waals surface area contributed by atoms with Crippen LogP contribution in [0.25, 0.3) is 0 Å². The first kappa shape index (κ1) is 23.3. The molecule has 1 aromatic carbocycles. The molecule has 0 spiro atoms. The largest absolute Gasteiger partial charge is 0.478 e. The van der Waals surface area contributed by atoms with Gasteiger partial charge in [-0.1, -0.05) is 29.8 Å². The Morgan fingerprint density at radius 3 is 2.44 bits per heavy atom. The Balaban J connectivity index is 1.97. The number of imidazole rings is 1. The Labute approximate surface area is 190 Å². The summed E-state index contributed by atoms with van der Waals surface area (Å²) in [6.07, 6.45) is 4.28. The van der Waals surface area contributed by atoms with E-state index in [-0.39, 0.29) is 23.5 Å². The number of carboxylic acids is 1. The van der Waals surface area contributed by atoms with Crippen LogP contribution in [-0.4, -0.2) is 38.1 Å². The molecule has 2 N–H and O–H groups in total. The van der Waals surface area contributed by atoms with Gasteiger partial charge < -0.3 is 15.2 Å². The zero-order valence-corrected chi connectivity index (χ0v) is 18.9. The van der Waals surface area contributed by atoms with E-state index in [0.717, 1.165) is 0 Å². The lowest BCUT2D eigenvalue weighted by atomic mass is 9.80. The molecule has 0 saturated carbocycles. The molecule has 0 aliphatic carbocycles. The first-order valence-electron chi connectivity index (χ1n) is 9.92. The van der Waals surface area contributed by atoms with Crippen molar-refractivity contribution in [3.63, 3.8) is 0 Å². The maximum Gasteiger partial charge on any atom is 0.337 e. The highest BCUT2D eigenvalue weighted by Crippen LogP contribution is 2.41. The molecule has 0 fully saturated rings. The predicted molar refractivity (Wildman–Crippen MR) is 118 cm³/mol. The first-order chi connectivity index (χ1) is 15.0. The average molecular weight is 458 g/mol. The number of esters is 1. The van der Waals surface area contributed by atoms with Crippen LogP contribution in [0.4, 0.5) is 0 Å². The molecular weight excluding hydrogens is 434 g/mol. The number of nitrogens with one attached hydrogen (secondary N) is 1. The minimum atomic E-state index is -1.17. The molecule has 1 aromatic heterocycles. The zero-order valence-electron chi connectivity index (χ0n) is 18.2. The van der Waals surface area contributed by atoms with Crippen molar-refractivity contribution in [3.05, 3.63) is 76.1 Å². The van der Waals surface area contributed by atoms with Crippen LogP contribution in [0.15, 0.2) is 65.5 Å². The Morgan fingerprint density at radius 1 is 1.19 bits per heavy atom. The van der Waals surface area contributed by atoms with E-state index in [1.54, 1.807) is 52.0 Å². The van der Waals surface area contributed by atoms with Crippen molar-refractivity contribution in [2.45, 2.75) is 45.6 Å². The molecule has 0 amide bonds. The standard InChI is InChI=1S/C23H24ClN3O5/c1-13-18(21(29)30)20(15-7-5-6-8-16(15)24)19(14(2)26-13)22(31)32-23(3,4)11-17(28)27-10-9-25-12-27/h5-10,12,20,26H,11H2,1-4H3,(H,29,30). The molecule has 9 heteroatoms. The minimum Gasteiger partial charge on any atom is -0.478 e. The second-order valence-corrected chi connectivity index (χ2v) is 8.56. The summed E-state index contributed by atoms with van der Waals surface area (Å²) in [5, 5.41) is 13.2. The van der Waals surface area contributed by atoms with Crippen molar-refractivity contribution in [1.82, 2.24) is 14.9 Å². The summed E-state index contributed by atoms with van der Waals surface area (Å²) >= 11 is 6.39. The lowest BCUT2D eigenvalue weighted by Gasteiger charge is -2.32. The number of carboxylic acid groups (broad SMARTS) is 1. The van der Waals surface area contributed by atoms with E-state index < -0.39 is 23.5 Å². The third kappa shape index (κ3) is 4.75. The molecule has 0 bridgehead atoms. The second-order valence-electron chi connectivity index (χ2n) is 8.15. The van der Waals surface area contributed by atoms with E-state index in [1.807, 2.05) is 0 Å². The molecule has 32 heavy (non-hydrogen) atoms. The molecule has 1 aliphatic rings. The number of aromatic nitrogens is 2. The van der Waals surface area contributed by atoms with Crippen LogP contribution in [0.2, 0.25) is 5.02 Å². The third-order valence-corrected chi connectivity index (χ3v) is 5.51. The highest BCUT2D eigenvalue weighted by Gasteiger charge is 2.40. The number of dihydropyridines is 1. The molecule has 3 rings (SSSR count). The van der Waals surface area contributed by atoms with Crippen LogP contribution >= 0.6 is 11.6 Å². The quantitative estimate of drug-likeness (QED) is 0.632. The number of benzene rings is 1. The lowest BCUT2D eigenvalue weighted by Crippen LogP contribution is -2.37. The van der Waals surface area contributed by atoms with Gasteiger partial charge in [0.15, 0.2) is 0 Å². The third-order valence-electron chi connectivity index (χ3n) is 5.17. The van der Waals surface area contributed by atoms with Gasteiger partial charge in [0.2, 0.25) is 5.91 Å². The number of hydrogen-bond acceptors (Lipinski definition) is 6. The van der Waals surface area contributed by atoms with E-state index in [1.165, 1.54) is 23.3 Å². The Bertz CT molecular complexity index is 1130. The van der Waals surface area contributed by atoms with Gasteiger partial charge in [0.1, 0.15) is 11.9 Å². The SMILES string of the molecule is CC1=C(C(=O)O)C(c2ccccc2Cl)C(C(=O)OC(C)(C)CC(=O)n2ccnc2)=C(C)N1. The predicted octanol–water partition coefficient (Wildman–Crippen LogP) is 3.91. The zero-order chi connectivity index (χ0) is 23.6. The summed E-state index contributed by atoms with van der Waals surface area (Å²) in [5.74, 6) is -3.13. The molecule has 0 radical (unpaired) electrons. The maximum absolute atomic E-state index is 13.4. The van der Waals surface area contributed by atoms with Crippen LogP contribution < -0.4 is 5.32 Å². The van der Waals surface area contributed by atoms with Gasteiger partial charge >= 0.3 is 11.9 Å². The number of aliphatic carboxylic acids is 1. The van der Waals surface area contributed by atoms with Gasteiger partial charge in [-0.2, -0.15) is 0 Å². The van der Waals surface area contributed by atoms with Crippen molar-refractivity contribution >= 4 is 29.4 Å². The van der Waals surface area contributed by atoms with Gasteiger partial charge in [-0.15, -0.1) is 0 Å². The molecule has 1 atom stereocenters. The van der Waals surface area contributed by atoms with Crippen LogP contribution in [0, 0.1) is 0 Å². The van der Waals surface area contributed by atoms with E-state index in [2.05, 4.69) is 10.3 Å². The van der Waals surface area contributed by atoms with Crippen LogP contribution in [-0.2, 0) is 14.3 Å². The summed E-state index contributed by atoms with van der Waals surface area (Å²) in [6, 6.07) is 6.77. The second kappa shape index (κ2) is 9.00. The fourth-order valence-electron chi connectivity index (χ4n) is 3.77. The van der Waals surface area contributed by atoms with Crippen LogP contribution in [0.3, 0.4) is 0 Å². The molecule has 2 aromatic rings. The molecule has 1 aliphatic heterocycles. The minimum absolute atomic E-state index is 0.00273. The van der Waals surface area contributed by atoms with Crippen molar-refractivity contribution in [3.8, 4) is 0 Å². The number of nitrogens with zero attached hydrogens (tertiary/aromatic N) is 2. The van der Waals surface area contributed by atoms with Gasteiger partial charge in [-0.05, 0) is 39.3 Å². The van der Waals surface area contributed by atoms with E-state index >= 15 is 0 Å². The molecular formula is C23H24ClN3O5. The van der Waals surface area contributed by atoms with Gasteiger partial charge in [-0.25, -0.2) is 14.6 Å². The van der Waals surface area contributed by atoms with E-state index in [0.29, 0.717) is 22.0 Å². The number of hydrogen-bond donors (Lipinski definition) is 2. The number of carbonyl (C=O) groups excluding carboxylic acids is 2. The fourth-order valence-corrected chi connectivity index (χ4v) is 4.02. The van der Waals surface area contributed by atoms with Crippen molar-refractivity contribution in [1.29, 1.82) is 0 Å². The Kier molecular flexibility index (Phi) is 6.55. The summed E-state index contributed by atoms with van der Waals surface area (Å²) < 4.78 is 7.03. The lowest BCUT2D eigenvalue weighted by molar-refractivity contribution is -0.151. The smallest absolute Gasteiger partial charge is 0.337 e. The Morgan fingerprint density at radius 2 is 1.84 bits per heavy atom. The highest BCUT2D eigenvalue weighted by molar-refractivity contribution is 6.31. The maximum atomic E-state index is 13.4. The summed E-state index contributed by atoms with van der Waals surface area (Å²) in [7, 11) is 0. The first-order valence-corrected chi connectivity index (χ1v) is 10.3. The molecule has 1 unspecified atom stereocenters. The summed E-state index contributed by atoms with van der Waals surface area (Å²) in [4.78, 5) is 41.8. The van der Waals surface area contributed by atoms with Crippen LogP contribution in [0.5, 0.6) is 0 Å². The summed E-state index contributed by atoms with van der Waals surface area (Å²) in [6.45, 7) is 6.55. The van der Waals surface area contributed by atoms with Crippen molar-refractivity contribution in [2.75, 3.05) is 0 Å². The average Bonchev–Trinajstić information content (AvgIpc) is 3.21.